The van der Waals surface area contributed by atoms with E-state index in [1.807, 2.05) is 45.0 Å². The Morgan fingerprint density at radius 3 is 2.43 bits per heavy atom. The van der Waals surface area contributed by atoms with Gasteiger partial charge in [-0.1, -0.05) is 24.3 Å². The van der Waals surface area contributed by atoms with Gasteiger partial charge >= 0.3 is 6.03 Å². The number of fused-ring (bicyclic) bond motifs is 1. The topological polar surface area (TPSA) is 78.0 Å². The molecule has 0 atom stereocenters. The minimum absolute atomic E-state index is 0.396. The molecule has 0 aliphatic heterocycles. The molecule has 1 amide bonds. The van der Waals surface area contributed by atoms with E-state index in [2.05, 4.69) is 4.98 Å². The number of benzene rings is 1. The van der Waals surface area contributed by atoms with Crippen molar-refractivity contribution in [2.75, 3.05) is 0 Å². The minimum atomic E-state index is -0.801. The Balaban J connectivity index is 2.53. The molecule has 0 radical (unpaired) electrons. The van der Waals surface area contributed by atoms with Gasteiger partial charge in [0.1, 0.15) is 0 Å². The monoisotopic (exact) mass is 307 g/mol. The molecule has 0 fully saturated rings. The first-order chi connectivity index (χ1) is 10.9. The Labute approximate surface area is 133 Å². The lowest BCUT2D eigenvalue weighted by atomic mass is 9.99. The van der Waals surface area contributed by atoms with E-state index in [0.717, 1.165) is 32.5 Å². The van der Waals surface area contributed by atoms with Crippen molar-refractivity contribution < 1.29 is 4.79 Å². The number of carbonyl (C=O) groups is 1. The van der Waals surface area contributed by atoms with Crippen LogP contribution in [0.2, 0.25) is 0 Å². The summed E-state index contributed by atoms with van der Waals surface area (Å²) in [6.07, 6.45) is 1.48. The second-order valence-corrected chi connectivity index (χ2v) is 5.66. The molecule has 0 bridgehead atoms. The average Bonchev–Trinajstić information content (AvgIpc) is 2.50. The zero-order chi connectivity index (χ0) is 16.7. The third kappa shape index (κ3) is 2.40. The molecule has 5 nitrogen and oxygen atoms in total. The maximum Gasteiger partial charge on any atom is 0.325 e. The fourth-order valence-electron chi connectivity index (χ4n) is 2.69. The molecule has 2 N–H and O–H groups in total. The van der Waals surface area contributed by atoms with Gasteiger partial charge in [-0.2, -0.15) is 0 Å². The number of rotatable bonds is 1. The lowest BCUT2D eigenvalue weighted by molar-refractivity contribution is 0.249. The van der Waals surface area contributed by atoms with Crippen molar-refractivity contribution in [3.63, 3.8) is 0 Å². The van der Waals surface area contributed by atoms with Crippen LogP contribution in [0.15, 0.2) is 41.3 Å². The number of nitrogens with zero attached hydrogens (tertiary/aromatic N) is 2. The Morgan fingerprint density at radius 1 is 1.09 bits per heavy atom. The molecule has 116 valence electrons. The molecule has 23 heavy (non-hydrogen) atoms. The summed E-state index contributed by atoms with van der Waals surface area (Å²) in [4.78, 5) is 28.8. The molecule has 0 aliphatic carbocycles. The SMILES string of the molecule is Cc1ccccc1-c1cn(C(N)=O)c(=O)c2cc(C)c(C)nc12. The Kier molecular flexibility index (Phi) is 3.48. The number of primary amides is 1. The molecule has 1 aromatic carbocycles. The highest BCUT2D eigenvalue weighted by Crippen LogP contribution is 2.29. The van der Waals surface area contributed by atoms with Crippen LogP contribution in [0.25, 0.3) is 22.0 Å². The fourth-order valence-corrected chi connectivity index (χ4v) is 2.69. The summed E-state index contributed by atoms with van der Waals surface area (Å²) >= 11 is 0. The number of amides is 1. The first-order valence-corrected chi connectivity index (χ1v) is 7.29. The number of pyridine rings is 2. The van der Waals surface area contributed by atoms with Crippen LogP contribution in [0.4, 0.5) is 4.79 Å². The third-order valence-corrected chi connectivity index (χ3v) is 4.10. The van der Waals surface area contributed by atoms with Crippen molar-refractivity contribution in [2.45, 2.75) is 20.8 Å². The van der Waals surface area contributed by atoms with E-state index in [4.69, 9.17) is 5.73 Å². The van der Waals surface area contributed by atoms with Crippen LogP contribution in [-0.2, 0) is 0 Å². The zero-order valence-corrected chi connectivity index (χ0v) is 13.3. The van der Waals surface area contributed by atoms with Gasteiger partial charge in [0.25, 0.3) is 5.56 Å². The number of carbonyl (C=O) groups excluding carboxylic acids is 1. The largest absolute Gasteiger partial charge is 0.351 e. The van der Waals surface area contributed by atoms with Crippen molar-refractivity contribution in [1.29, 1.82) is 0 Å². The molecule has 0 saturated carbocycles. The Hall–Kier alpha value is -2.95. The number of hydrogen-bond donors (Lipinski definition) is 1. The average molecular weight is 307 g/mol. The summed E-state index contributed by atoms with van der Waals surface area (Å²) in [7, 11) is 0. The van der Waals surface area contributed by atoms with Crippen LogP contribution in [0.5, 0.6) is 0 Å². The molecule has 5 heteroatoms. The van der Waals surface area contributed by atoms with Gasteiger partial charge in [-0.25, -0.2) is 9.36 Å². The molecule has 3 aromatic rings. The molecule has 2 aromatic heterocycles. The molecule has 0 unspecified atom stereocenters. The van der Waals surface area contributed by atoms with E-state index >= 15 is 0 Å². The van der Waals surface area contributed by atoms with Gasteiger partial charge in [0.15, 0.2) is 0 Å². The Morgan fingerprint density at radius 2 is 1.78 bits per heavy atom. The van der Waals surface area contributed by atoms with Crippen LogP contribution in [-0.4, -0.2) is 15.6 Å². The van der Waals surface area contributed by atoms with E-state index in [0.29, 0.717) is 10.9 Å². The molecular weight excluding hydrogens is 290 g/mol. The zero-order valence-electron chi connectivity index (χ0n) is 13.3. The van der Waals surface area contributed by atoms with Gasteiger partial charge in [-0.15, -0.1) is 0 Å². The second-order valence-electron chi connectivity index (χ2n) is 5.66. The smallest absolute Gasteiger partial charge is 0.325 e. The van der Waals surface area contributed by atoms with Crippen molar-refractivity contribution >= 4 is 16.9 Å². The molecular formula is C18H17N3O2. The van der Waals surface area contributed by atoms with E-state index < -0.39 is 11.6 Å². The van der Waals surface area contributed by atoms with E-state index in [-0.39, 0.29) is 0 Å². The molecule has 3 rings (SSSR count). The number of aromatic nitrogens is 2. The lowest BCUT2D eigenvalue weighted by Gasteiger charge is -2.13. The highest BCUT2D eigenvalue weighted by atomic mass is 16.2. The van der Waals surface area contributed by atoms with Gasteiger partial charge in [0.05, 0.1) is 10.9 Å². The van der Waals surface area contributed by atoms with Gasteiger partial charge < -0.3 is 5.73 Å². The van der Waals surface area contributed by atoms with E-state index in [1.165, 1.54) is 6.20 Å². The Bertz CT molecular complexity index is 1000. The molecule has 2 heterocycles. The number of aryl methyl sites for hydroxylation is 3. The highest BCUT2D eigenvalue weighted by molar-refractivity contribution is 5.95. The fraction of sp³-hybridized carbons (Fsp3) is 0.167. The first kappa shape index (κ1) is 15.0. The third-order valence-electron chi connectivity index (χ3n) is 4.10. The van der Waals surface area contributed by atoms with Gasteiger partial charge in [0, 0.05) is 17.5 Å². The summed E-state index contributed by atoms with van der Waals surface area (Å²) in [5.74, 6) is 0. The van der Waals surface area contributed by atoms with Gasteiger partial charge in [0.2, 0.25) is 0 Å². The van der Waals surface area contributed by atoms with E-state index in [1.54, 1.807) is 6.07 Å². The summed E-state index contributed by atoms with van der Waals surface area (Å²) in [5.41, 5.74) is 9.92. The molecule has 0 spiro atoms. The van der Waals surface area contributed by atoms with Crippen LogP contribution in [0, 0.1) is 20.8 Å². The predicted molar refractivity (Wildman–Crippen MR) is 90.6 cm³/mol. The van der Waals surface area contributed by atoms with Crippen LogP contribution >= 0.6 is 0 Å². The summed E-state index contributed by atoms with van der Waals surface area (Å²) in [5, 5.41) is 0.396. The summed E-state index contributed by atoms with van der Waals surface area (Å²) < 4.78 is 0.945. The van der Waals surface area contributed by atoms with Crippen LogP contribution in [0.1, 0.15) is 16.8 Å². The van der Waals surface area contributed by atoms with Crippen molar-refractivity contribution in [3.8, 4) is 11.1 Å². The second kappa shape index (κ2) is 5.35. The van der Waals surface area contributed by atoms with E-state index in [9.17, 15) is 9.59 Å². The molecule has 0 aliphatic rings. The highest BCUT2D eigenvalue weighted by Gasteiger charge is 2.16. The summed E-state index contributed by atoms with van der Waals surface area (Å²) in [6.45, 7) is 5.76. The maximum atomic E-state index is 12.5. The van der Waals surface area contributed by atoms with Crippen molar-refractivity contribution in [3.05, 3.63) is 63.7 Å². The normalized spacial score (nSPS) is 10.9. The number of hydrogen-bond acceptors (Lipinski definition) is 3. The summed E-state index contributed by atoms with van der Waals surface area (Å²) in [6, 6.07) is 8.73. The maximum absolute atomic E-state index is 12.5. The van der Waals surface area contributed by atoms with Gasteiger partial charge in [-0.3, -0.25) is 9.78 Å². The number of nitrogens with two attached hydrogens (primary N) is 1. The molecule has 0 saturated heterocycles. The lowest BCUT2D eigenvalue weighted by Crippen LogP contribution is -2.31. The predicted octanol–water partition coefficient (Wildman–Crippen LogP) is 2.92. The standard InChI is InChI=1S/C18H17N3O2/c1-10-6-4-5-7-13(10)15-9-21(18(19)23)17(22)14-8-11(2)12(3)20-16(14)15/h4-9H,1-3H3,(H2,19,23). The van der Waals surface area contributed by atoms with Crippen LogP contribution in [0.3, 0.4) is 0 Å². The van der Waals surface area contributed by atoms with Crippen molar-refractivity contribution in [2.24, 2.45) is 5.73 Å². The quantitative estimate of drug-likeness (QED) is 0.751. The first-order valence-electron chi connectivity index (χ1n) is 7.29. The van der Waals surface area contributed by atoms with Crippen LogP contribution < -0.4 is 11.3 Å². The van der Waals surface area contributed by atoms with Crippen molar-refractivity contribution in [1.82, 2.24) is 9.55 Å². The van der Waals surface area contributed by atoms with Gasteiger partial charge in [-0.05, 0) is 43.5 Å². The minimum Gasteiger partial charge on any atom is -0.351 e.